The van der Waals surface area contributed by atoms with E-state index in [4.69, 9.17) is 0 Å². The molecule has 0 aliphatic carbocycles. The Morgan fingerprint density at radius 3 is 1.85 bits per heavy atom. The van der Waals surface area contributed by atoms with Gasteiger partial charge in [-0.25, -0.2) is 0 Å². The molecule has 0 saturated heterocycles. The topological polar surface area (TPSA) is 3.24 Å². The lowest BCUT2D eigenvalue weighted by Crippen LogP contribution is -2.58. The quantitative estimate of drug-likeness (QED) is 0.523. The maximum absolute atomic E-state index is 13.8. The lowest BCUT2D eigenvalue weighted by atomic mass is 10.4. The van der Waals surface area contributed by atoms with Gasteiger partial charge in [-0.3, -0.25) is 12.4 Å². The van der Waals surface area contributed by atoms with Crippen molar-refractivity contribution >= 4 is 17.1 Å². The van der Waals surface area contributed by atoms with Gasteiger partial charge in [-0.1, -0.05) is 33.5 Å². The Kier molecular flexibility index (Phi) is 4.27. The summed E-state index contributed by atoms with van der Waals surface area (Å²) in [4.78, 5) is 0. The Labute approximate surface area is 82.7 Å². The van der Waals surface area contributed by atoms with Crippen molar-refractivity contribution in [2.75, 3.05) is 7.05 Å². The van der Waals surface area contributed by atoms with Crippen molar-refractivity contribution in [1.29, 1.82) is 0 Å². The largest absolute Gasteiger partial charge is 0.503 e. The summed E-state index contributed by atoms with van der Waals surface area (Å²) >= 11 is 0. The fraction of sp³-hybridized carbons (Fsp3) is 1.00. The third kappa shape index (κ3) is 3.14. The molecule has 80 valence electrons. The number of rotatable bonds is 4. The second-order valence-electron chi connectivity index (χ2n) is 4.63. The van der Waals surface area contributed by atoms with Gasteiger partial charge in [0.05, 0.1) is 0 Å². The fourth-order valence-corrected chi connectivity index (χ4v) is 6.41. The van der Waals surface area contributed by atoms with E-state index in [1.807, 2.05) is 26.6 Å². The van der Waals surface area contributed by atoms with Crippen LogP contribution in [0.1, 0.15) is 20.3 Å². The molecular weight excluding hydrogens is 204 g/mol. The standard InChI is InChI=1S/C8H21F2NSi2/c1-7-8(2)13(9,10)11(3)12(4,5)6/h8H,7H2,1-6H3. The molecule has 5 heteroatoms. The van der Waals surface area contributed by atoms with Gasteiger partial charge in [0.2, 0.25) is 0 Å². The van der Waals surface area contributed by atoms with Crippen LogP contribution in [0.4, 0.5) is 8.22 Å². The molecule has 0 aromatic heterocycles. The van der Waals surface area contributed by atoms with Crippen molar-refractivity contribution < 1.29 is 8.22 Å². The first-order valence-corrected chi connectivity index (χ1v) is 9.98. The van der Waals surface area contributed by atoms with Crippen LogP contribution in [0.2, 0.25) is 25.2 Å². The zero-order valence-electron chi connectivity index (χ0n) is 9.49. The van der Waals surface area contributed by atoms with E-state index in [1.54, 1.807) is 14.0 Å². The SMILES string of the molecule is CCC(C)[Si](F)(F)N(C)[Si](C)(C)C. The average molecular weight is 225 g/mol. The van der Waals surface area contributed by atoms with E-state index in [0.717, 1.165) is 0 Å². The van der Waals surface area contributed by atoms with Crippen LogP contribution in [0.5, 0.6) is 0 Å². The van der Waals surface area contributed by atoms with Crippen molar-refractivity contribution in [2.45, 2.75) is 45.5 Å². The lowest BCUT2D eigenvalue weighted by Gasteiger charge is -2.37. The second-order valence-corrected chi connectivity index (χ2v) is 12.9. The minimum atomic E-state index is -4.15. The van der Waals surface area contributed by atoms with Crippen LogP contribution in [-0.4, -0.2) is 28.4 Å². The molecule has 0 N–H and O–H groups in total. The summed E-state index contributed by atoms with van der Waals surface area (Å²) in [6.45, 7) is 9.41. The van der Waals surface area contributed by atoms with E-state index in [-0.39, 0.29) is 0 Å². The van der Waals surface area contributed by atoms with Crippen LogP contribution in [0.3, 0.4) is 0 Å². The van der Waals surface area contributed by atoms with Gasteiger partial charge in [0.25, 0.3) is 0 Å². The maximum atomic E-state index is 13.8. The van der Waals surface area contributed by atoms with Gasteiger partial charge in [-0.15, -0.1) is 0 Å². The molecule has 0 saturated carbocycles. The van der Waals surface area contributed by atoms with Crippen LogP contribution >= 0.6 is 0 Å². The third-order valence-electron chi connectivity index (χ3n) is 2.66. The van der Waals surface area contributed by atoms with E-state index in [0.29, 0.717) is 6.42 Å². The Balaban J connectivity index is 4.63. The first kappa shape index (κ1) is 13.3. The summed E-state index contributed by atoms with van der Waals surface area (Å²) < 4.78 is 29.0. The molecule has 0 amide bonds. The van der Waals surface area contributed by atoms with Crippen molar-refractivity contribution in [3.8, 4) is 0 Å². The Morgan fingerprint density at radius 2 is 1.62 bits per heavy atom. The maximum Gasteiger partial charge on any atom is 0.503 e. The van der Waals surface area contributed by atoms with Gasteiger partial charge < -0.3 is 0 Å². The second kappa shape index (κ2) is 4.19. The number of hydrogen-bond donors (Lipinski definition) is 0. The molecule has 0 fully saturated rings. The molecule has 0 spiro atoms. The summed E-state index contributed by atoms with van der Waals surface area (Å²) in [7, 11) is -4.38. The number of nitrogens with zero attached hydrogens (tertiary/aromatic N) is 1. The van der Waals surface area contributed by atoms with E-state index >= 15 is 0 Å². The monoisotopic (exact) mass is 225 g/mol. The van der Waals surface area contributed by atoms with Crippen LogP contribution in [-0.2, 0) is 0 Å². The molecule has 0 aliphatic rings. The van der Waals surface area contributed by atoms with Crippen LogP contribution in [0, 0.1) is 0 Å². The minimum absolute atomic E-state index is 0.427. The van der Waals surface area contributed by atoms with Crippen molar-refractivity contribution in [2.24, 2.45) is 0 Å². The highest BCUT2D eigenvalue weighted by Gasteiger charge is 2.50. The summed E-state index contributed by atoms with van der Waals surface area (Å²) in [5.41, 5.74) is -0.427. The van der Waals surface area contributed by atoms with Crippen LogP contribution in [0.15, 0.2) is 0 Å². The van der Waals surface area contributed by atoms with Gasteiger partial charge in [0, 0.05) is 5.54 Å². The minimum Gasteiger partial charge on any atom is -0.298 e. The molecule has 0 aromatic rings. The highest BCUT2D eigenvalue weighted by molar-refractivity contribution is 6.85. The molecule has 0 bridgehead atoms. The lowest BCUT2D eigenvalue weighted by molar-refractivity contribution is 0.446. The normalized spacial score (nSPS) is 16.4. The van der Waals surface area contributed by atoms with Crippen molar-refractivity contribution in [3.63, 3.8) is 0 Å². The summed E-state index contributed by atoms with van der Waals surface area (Å²) in [6, 6.07) is 0. The van der Waals surface area contributed by atoms with E-state index in [1.165, 1.54) is 4.23 Å². The predicted octanol–water partition coefficient (Wildman–Crippen LogP) is 3.43. The fourth-order valence-electron chi connectivity index (χ4n) is 1.02. The van der Waals surface area contributed by atoms with E-state index in [2.05, 4.69) is 0 Å². The van der Waals surface area contributed by atoms with Crippen LogP contribution in [0.25, 0.3) is 0 Å². The van der Waals surface area contributed by atoms with Gasteiger partial charge >= 0.3 is 8.90 Å². The van der Waals surface area contributed by atoms with E-state index in [9.17, 15) is 8.22 Å². The molecule has 0 heterocycles. The number of hydrogen-bond acceptors (Lipinski definition) is 1. The first-order valence-electron chi connectivity index (χ1n) is 4.75. The van der Waals surface area contributed by atoms with E-state index < -0.39 is 22.7 Å². The third-order valence-corrected chi connectivity index (χ3v) is 10.1. The molecule has 13 heavy (non-hydrogen) atoms. The molecule has 0 aromatic carbocycles. The zero-order chi connectivity index (χ0) is 10.9. The molecular formula is C8H21F2NSi2. The van der Waals surface area contributed by atoms with Gasteiger partial charge in [-0.05, 0) is 13.5 Å². The summed E-state index contributed by atoms with van der Waals surface area (Å²) in [5, 5.41) is 0. The Hall–Kier alpha value is 0.254. The highest BCUT2D eigenvalue weighted by atomic mass is 28.5. The smallest absolute Gasteiger partial charge is 0.298 e. The summed E-state index contributed by atoms with van der Waals surface area (Å²) in [6.07, 6.45) is 0.577. The Morgan fingerprint density at radius 1 is 1.23 bits per heavy atom. The molecule has 0 rings (SSSR count). The average Bonchev–Trinajstić information content (AvgIpc) is 1.99. The van der Waals surface area contributed by atoms with Crippen molar-refractivity contribution in [1.82, 2.24) is 4.23 Å². The first-order chi connectivity index (χ1) is 5.64. The number of halogens is 2. The highest BCUT2D eigenvalue weighted by Crippen LogP contribution is 2.32. The zero-order valence-corrected chi connectivity index (χ0v) is 11.5. The predicted molar refractivity (Wildman–Crippen MR) is 58.8 cm³/mol. The molecule has 1 nitrogen and oxygen atoms in total. The van der Waals surface area contributed by atoms with Crippen LogP contribution < -0.4 is 0 Å². The molecule has 0 radical (unpaired) electrons. The van der Waals surface area contributed by atoms with Gasteiger partial charge in [-0.2, -0.15) is 0 Å². The molecule has 1 atom stereocenters. The van der Waals surface area contributed by atoms with Crippen molar-refractivity contribution in [3.05, 3.63) is 0 Å². The Bertz CT molecular complexity index is 168. The molecule has 0 aliphatic heterocycles. The van der Waals surface area contributed by atoms with Gasteiger partial charge in [0.1, 0.15) is 8.24 Å². The molecule has 1 unspecified atom stereocenters. The summed E-state index contributed by atoms with van der Waals surface area (Å²) in [5.74, 6) is 0. The van der Waals surface area contributed by atoms with Gasteiger partial charge in [0.15, 0.2) is 0 Å².